The number of hydrogen-bond acceptors (Lipinski definition) is 5. The average Bonchev–Trinajstić information content (AvgIpc) is 2.69. The number of hydrogen-bond donors (Lipinski definition) is 1. The molecule has 0 radical (unpaired) electrons. The molecule has 0 aromatic heterocycles. The molecule has 0 saturated carbocycles. The Balaban J connectivity index is 1.82. The van der Waals surface area contributed by atoms with E-state index in [0.29, 0.717) is 24.4 Å². The van der Waals surface area contributed by atoms with Crippen molar-refractivity contribution in [1.82, 2.24) is 14.5 Å². The number of methoxy groups -OCH3 is 1. The Labute approximate surface area is 161 Å². The number of ether oxygens (including phenoxy) is 1. The molecule has 150 valence electrons. The van der Waals surface area contributed by atoms with Gasteiger partial charge in [0.25, 0.3) is 5.91 Å². The summed E-state index contributed by atoms with van der Waals surface area (Å²) in [5.41, 5.74) is 0.311. The number of piperidine rings is 2. The van der Waals surface area contributed by atoms with Crippen molar-refractivity contribution in [2.24, 2.45) is 0 Å². The van der Waals surface area contributed by atoms with Gasteiger partial charge in [-0.1, -0.05) is 0 Å². The maximum Gasteiger partial charge on any atom is 0.257 e. The van der Waals surface area contributed by atoms with Gasteiger partial charge in [0.15, 0.2) is 0 Å². The number of sulfonamides is 1. The van der Waals surface area contributed by atoms with E-state index >= 15 is 0 Å². The van der Waals surface area contributed by atoms with Crippen molar-refractivity contribution in [2.75, 3.05) is 40.3 Å². The van der Waals surface area contributed by atoms with Gasteiger partial charge in [-0.3, -0.25) is 4.79 Å². The molecule has 2 fully saturated rings. The molecule has 0 aliphatic carbocycles. The van der Waals surface area contributed by atoms with Crippen LogP contribution in [0.15, 0.2) is 23.1 Å². The lowest BCUT2D eigenvalue weighted by atomic mass is 10.1. The van der Waals surface area contributed by atoms with E-state index in [0.717, 1.165) is 45.2 Å². The predicted molar refractivity (Wildman–Crippen MR) is 104 cm³/mol. The standard InChI is InChI=1S/C19H29N3O4S/c1-21-12-8-15(9-13-21)20-27(24,25)16-6-7-18(26-2)17(14-16)19(23)22-10-4-3-5-11-22/h6-7,14-15,20H,3-5,8-13H2,1-2H3. The van der Waals surface area contributed by atoms with E-state index in [9.17, 15) is 13.2 Å². The van der Waals surface area contributed by atoms with E-state index in [1.54, 1.807) is 11.0 Å². The second-order valence-electron chi connectivity index (χ2n) is 7.41. The minimum absolute atomic E-state index is 0.0745. The molecule has 2 aliphatic rings. The summed E-state index contributed by atoms with van der Waals surface area (Å²) in [6.07, 6.45) is 4.64. The molecule has 2 aliphatic heterocycles. The summed E-state index contributed by atoms with van der Waals surface area (Å²) in [4.78, 5) is 17.0. The van der Waals surface area contributed by atoms with Crippen LogP contribution in [0.1, 0.15) is 42.5 Å². The minimum Gasteiger partial charge on any atom is -0.496 e. The molecule has 8 heteroatoms. The van der Waals surface area contributed by atoms with Crippen LogP contribution in [0.3, 0.4) is 0 Å². The van der Waals surface area contributed by atoms with Gasteiger partial charge < -0.3 is 14.5 Å². The highest BCUT2D eigenvalue weighted by molar-refractivity contribution is 7.89. The van der Waals surface area contributed by atoms with Crippen LogP contribution in [-0.2, 0) is 10.0 Å². The molecule has 3 rings (SSSR count). The van der Waals surface area contributed by atoms with Crippen molar-refractivity contribution < 1.29 is 17.9 Å². The fourth-order valence-electron chi connectivity index (χ4n) is 3.70. The summed E-state index contributed by atoms with van der Waals surface area (Å²) < 4.78 is 33.8. The number of nitrogens with one attached hydrogen (secondary N) is 1. The molecule has 7 nitrogen and oxygen atoms in total. The normalized spacial score (nSPS) is 19.9. The van der Waals surface area contributed by atoms with Gasteiger partial charge in [0.05, 0.1) is 17.6 Å². The van der Waals surface area contributed by atoms with E-state index < -0.39 is 10.0 Å². The molecule has 2 saturated heterocycles. The van der Waals surface area contributed by atoms with E-state index in [2.05, 4.69) is 9.62 Å². The number of carbonyl (C=O) groups excluding carboxylic acids is 1. The second kappa shape index (κ2) is 8.58. The first kappa shape index (κ1) is 20.1. The lowest BCUT2D eigenvalue weighted by Gasteiger charge is -2.29. The van der Waals surface area contributed by atoms with Crippen molar-refractivity contribution in [2.45, 2.75) is 43.0 Å². The first-order valence-corrected chi connectivity index (χ1v) is 11.1. The average molecular weight is 396 g/mol. The smallest absolute Gasteiger partial charge is 0.257 e. The molecule has 1 aromatic carbocycles. The van der Waals surface area contributed by atoms with E-state index in [4.69, 9.17) is 4.74 Å². The summed E-state index contributed by atoms with van der Waals surface area (Å²) in [5.74, 6) is 0.242. The summed E-state index contributed by atoms with van der Waals surface area (Å²) in [5, 5.41) is 0. The quantitative estimate of drug-likeness (QED) is 0.821. The highest BCUT2D eigenvalue weighted by Gasteiger charge is 2.27. The zero-order valence-electron chi connectivity index (χ0n) is 16.1. The van der Waals surface area contributed by atoms with Crippen molar-refractivity contribution >= 4 is 15.9 Å². The molecule has 0 unspecified atom stereocenters. The van der Waals surface area contributed by atoms with Crippen LogP contribution in [0.4, 0.5) is 0 Å². The first-order chi connectivity index (χ1) is 12.9. The van der Waals surface area contributed by atoms with Gasteiger partial charge in [-0.05, 0) is 70.4 Å². The predicted octanol–water partition coefficient (Wildman–Crippen LogP) is 1.69. The van der Waals surface area contributed by atoms with Crippen LogP contribution in [0, 0.1) is 0 Å². The third kappa shape index (κ3) is 4.80. The zero-order valence-corrected chi connectivity index (χ0v) is 16.9. The number of benzene rings is 1. The van der Waals surface area contributed by atoms with Gasteiger partial charge in [-0.2, -0.15) is 0 Å². The van der Waals surface area contributed by atoms with E-state index in [1.807, 2.05) is 7.05 Å². The Morgan fingerprint density at radius 1 is 1.11 bits per heavy atom. The maximum absolute atomic E-state index is 12.9. The van der Waals surface area contributed by atoms with Crippen molar-refractivity contribution in [1.29, 1.82) is 0 Å². The summed E-state index contributed by atoms with van der Waals surface area (Å²) in [6.45, 7) is 3.14. The largest absolute Gasteiger partial charge is 0.496 e. The Morgan fingerprint density at radius 2 is 1.78 bits per heavy atom. The van der Waals surface area contributed by atoms with Crippen LogP contribution < -0.4 is 9.46 Å². The Bertz CT molecular complexity index is 767. The van der Waals surface area contributed by atoms with Gasteiger partial charge in [-0.15, -0.1) is 0 Å². The molecule has 0 bridgehead atoms. The Morgan fingerprint density at radius 3 is 2.41 bits per heavy atom. The Kier molecular flexibility index (Phi) is 6.39. The molecular formula is C19H29N3O4S. The van der Waals surface area contributed by atoms with Crippen LogP contribution in [0.25, 0.3) is 0 Å². The summed E-state index contributed by atoms with van der Waals surface area (Å²) >= 11 is 0. The van der Waals surface area contributed by atoms with Crippen LogP contribution in [-0.4, -0.2) is 70.5 Å². The lowest BCUT2D eigenvalue weighted by molar-refractivity contribution is 0.0720. The molecule has 0 atom stereocenters. The SMILES string of the molecule is COc1ccc(S(=O)(=O)NC2CCN(C)CC2)cc1C(=O)N1CCCCC1. The van der Waals surface area contributed by atoms with Crippen molar-refractivity contribution in [3.8, 4) is 5.75 Å². The minimum atomic E-state index is -3.68. The maximum atomic E-state index is 12.9. The van der Waals surface area contributed by atoms with Crippen LogP contribution >= 0.6 is 0 Å². The molecule has 0 spiro atoms. The fourth-order valence-corrected chi connectivity index (χ4v) is 5.03. The van der Waals surface area contributed by atoms with Gasteiger partial charge in [-0.25, -0.2) is 13.1 Å². The van der Waals surface area contributed by atoms with Gasteiger partial charge in [0.1, 0.15) is 5.75 Å². The van der Waals surface area contributed by atoms with Crippen molar-refractivity contribution in [3.05, 3.63) is 23.8 Å². The number of nitrogens with zero attached hydrogens (tertiary/aromatic N) is 2. The second-order valence-corrected chi connectivity index (χ2v) is 9.13. The fraction of sp³-hybridized carbons (Fsp3) is 0.632. The topological polar surface area (TPSA) is 79.0 Å². The highest BCUT2D eigenvalue weighted by atomic mass is 32.2. The van der Waals surface area contributed by atoms with Crippen LogP contribution in [0.2, 0.25) is 0 Å². The number of likely N-dealkylation sites (tertiary alicyclic amines) is 2. The third-order valence-electron chi connectivity index (χ3n) is 5.40. The molecular weight excluding hydrogens is 366 g/mol. The van der Waals surface area contributed by atoms with E-state index in [1.165, 1.54) is 19.2 Å². The van der Waals surface area contributed by atoms with Gasteiger partial charge in [0.2, 0.25) is 10.0 Å². The number of carbonyl (C=O) groups is 1. The van der Waals surface area contributed by atoms with Crippen molar-refractivity contribution in [3.63, 3.8) is 0 Å². The molecule has 1 N–H and O–H groups in total. The molecule has 2 heterocycles. The lowest BCUT2D eigenvalue weighted by Crippen LogP contribution is -2.43. The van der Waals surface area contributed by atoms with E-state index in [-0.39, 0.29) is 16.8 Å². The zero-order chi connectivity index (χ0) is 19.4. The molecule has 1 aromatic rings. The number of amides is 1. The van der Waals surface area contributed by atoms with Gasteiger partial charge in [0, 0.05) is 19.1 Å². The third-order valence-corrected chi connectivity index (χ3v) is 6.91. The number of rotatable bonds is 5. The van der Waals surface area contributed by atoms with Crippen LogP contribution in [0.5, 0.6) is 5.75 Å². The molecule has 27 heavy (non-hydrogen) atoms. The molecule has 1 amide bonds. The summed E-state index contributed by atoms with van der Waals surface area (Å²) in [7, 11) is -0.156. The monoisotopic (exact) mass is 395 g/mol. The summed E-state index contributed by atoms with van der Waals surface area (Å²) in [6, 6.07) is 4.45. The van der Waals surface area contributed by atoms with Gasteiger partial charge >= 0.3 is 0 Å². The highest BCUT2D eigenvalue weighted by Crippen LogP contribution is 2.26. The Hall–Kier alpha value is -1.64. The first-order valence-electron chi connectivity index (χ1n) is 9.59.